The highest BCUT2D eigenvalue weighted by molar-refractivity contribution is 5.71. The maximum Gasteiger partial charge on any atom is 0.306 e. The van der Waals surface area contributed by atoms with Crippen LogP contribution in [0, 0.1) is 0 Å². The second-order valence-corrected chi connectivity index (χ2v) is 20.9. The Kier molecular flexibility index (Phi) is 62.9. The van der Waals surface area contributed by atoms with Crippen molar-refractivity contribution in [3.63, 3.8) is 0 Å². The van der Waals surface area contributed by atoms with Crippen LogP contribution in [0.1, 0.15) is 265 Å². The Morgan fingerprint density at radius 1 is 0.259 bits per heavy atom. The van der Waals surface area contributed by atoms with Crippen molar-refractivity contribution in [2.45, 2.75) is 271 Å². The molecule has 0 aromatic carbocycles. The first-order valence-corrected chi connectivity index (χ1v) is 32.6. The number of hydrogen-bond donors (Lipinski definition) is 0. The fourth-order valence-electron chi connectivity index (χ4n) is 8.40. The minimum atomic E-state index is -0.795. The van der Waals surface area contributed by atoms with Gasteiger partial charge in [0, 0.05) is 19.3 Å². The number of carbonyl (C=O) groups excluding carboxylic acids is 3. The van der Waals surface area contributed by atoms with Crippen molar-refractivity contribution < 1.29 is 28.6 Å². The number of ether oxygens (including phenoxy) is 3. The highest BCUT2D eigenvalue weighted by Gasteiger charge is 2.19. The van der Waals surface area contributed by atoms with Crippen molar-refractivity contribution in [3.8, 4) is 0 Å². The van der Waals surface area contributed by atoms with Crippen LogP contribution in [0.25, 0.3) is 0 Å². The van der Waals surface area contributed by atoms with E-state index in [4.69, 9.17) is 14.2 Å². The van der Waals surface area contributed by atoms with Crippen molar-refractivity contribution in [2.24, 2.45) is 0 Å². The third-order valence-electron chi connectivity index (χ3n) is 13.2. The first kappa shape index (κ1) is 75.8. The number of allylic oxidation sites excluding steroid dienone is 28. The van der Waals surface area contributed by atoms with Gasteiger partial charge < -0.3 is 14.2 Å². The van der Waals surface area contributed by atoms with Gasteiger partial charge in [0.15, 0.2) is 6.10 Å². The van der Waals surface area contributed by atoms with Crippen molar-refractivity contribution in [1.82, 2.24) is 0 Å². The molecule has 0 aromatic heterocycles. The predicted molar refractivity (Wildman–Crippen MR) is 352 cm³/mol. The molecule has 6 nitrogen and oxygen atoms in total. The molecule has 0 aliphatic carbocycles. The lowest BCUT2D eigenvalue weighted by Crippen LogP contribution is -2.30. The van der Waals surface area contributed by atoms with Crippen molar-refractivity contribution in [1.29, 1.82) is 0 Å². The lowest BCUT2D eigenvalue weighted by molar-refractivity contribution is -0.167. The fourth-order valence-corrected chi connectivity index (χ4v) is 8.40. The average Bonchev–Trinajstić information content (AvgIpc) is 3.47. The summed E-state index contributed by atoms with van der Waals surface area (Å²) in [5.74, 6) is -0.939. The molecule has 0 fully saturated rings. The third-order valence-corrected chi connectivity index (χ3v) is 13.2. The van der Waals surface area contributed by atoms with E-state index in [-0.39, 0.29) is 31.1 Å². The van der Waals surface area contributed by atoms with E-state index in [1.165, 1.54) is 38.5 Å². The van der Waals surface area contributed by atoms with E-state index in [1.807, 2.05) is 0 Å². The van der Waals surface area contributed by atoms with Gasteiger partial charge in [0.2, 0.25) is 0 Å². The van der Waals surface area contributed by atoms with Gasteiger partial charge >= 0.3 is 17.9 Å². The summed E-state index contributed by atoms with van der Waals surface area (Å²) in [6.45, 7) is 6.30. The summed E-state index contributed by atoms with van der Waals surface area (Å²) in [7, 11) is 0. The van der Waals surface area contributed by atoms with Gasteiger partial charge in [-0.1, -0.05) is 281 Å². The minimum Gasteiger partial charge on any atom is -0.462 e. The molecule has 0 N–H and O–H groups in total. The van der Waals surface area contributed by atoms with E-state index in [0.717, 1.165) is 186 Å². The third kappa shape index (κ3) is 65.5. The van der Waals surface area contributed by atoms with Crippen LogP contribution < -0.4 is 0 Å². The van der Waals surface area contributed by atoms with Crippen molar-refractivity contribution in [2.75, 3.05) is 13.2 Å². The molecular weight excluding hydrogens is 997 g/mol. The summed E-state index contributed by atoms with van der Waals surface area (Å²) in [5, 5.41) is 0. The topological polar surface area (TPSA) is 78.9 Å². The Balaban J connectivity index is 4.15. The number of carbonyl (C=O) groups is 3. The lowest BCUT2D eigenvalue weighted by atomic mass is 10.1. The molecule has 0 radical (unpaired) electrons. The lowest BCUT2D eigenvalue weighted by Gasteiger charge is -2.18. The van der Waals surface area contributed by atoms with Crippen LogP contribution in [-0.4, -0.2) is 37.2 Å². The molecule has 0 saturated heterocycles. The molecule has 6 heteroatoms. The summed E-state index contributed by atoms with van der Waals surface area (Å²) in [6.07, 6.45) is 99.8. The zero-order valence-electron chi connectivity index (χ0n) is 52.0. The Hall–Kier alpha value is -5.23. The Morgan fingerprint density at radius 3 is 0.753 bits per heavy atom. The van der Waals surface area contributed by atoms with Crippen LogP contribution in [0.4, 0.5) is 0 Å². The molecule has 0 heterocycles. The SMILES string of the molecule is CC/C=C\C/C=C\C/C=C\C/C=C\C/C=C\C/C=C\C/C=C\C/C=C\C/C=C\CCCCCCCC(=O)OCC(COC(=O)CCCCCCC)OC(=O)CCCCCCCCCCC/C=C\C/C=C\C/C=C\C/C=C\C/C=C\CC. The van der Waals surface area contributed by atoms with Gasteiger partial charge in [-0.25, -0.2) is 0 Å². The molecule has 1 atom stereocenters. The number of unbranched alkanes of at least 4 members (excludes halogenated alkanes) is 18. The molecule has 0 aliphatic heterocycles. The molecule has 0 saturated carbocycles. The van der Waals surface area contributed by atoms with Crippen LogP contribution in [0.3, 0.4) is 0 Å². The van der Waals surface area contributed by atoms with Crippen LogP contribution in [0.5, 0.6) is 0 Å². The summed E-state index contributed by atoms with van der Waals surface area (Å²) in [4.78, 5) is 38.0. The minimum absolute atomic E-state index is 0.0937. The molecule has 0 aromatic rings. The normalized spacial score (nSPS) is 13.3. The van der Waals surface area contributed by atoms with Gasteiger partial charge in [-0.2, -0.15) is 0 Å². The van der Waals surface area contributed by atoms with E-state index in [0.29, 0.717) is 19.3 Å². The Labute approximate surface area is 498 Å². The molecule has 454 valence electrons. The predicted octanol–water partition coefficient (Wildman–Crippen LogP) is 22.7. The van der Waals surface area contributed by atoms with E-state index >= 15 is 0 Å². The molecular formula is C75H118O6. The molecule has 0 bridgehead atoms. The van der Waals surface area contributed by atoms with Crippen LogP contribution in [-0.2, 0) is 28.6 Å². The first-order valence-electron chi connectivity index (χ1n) is 32.6. The van der Waals surface area contributed by atoms with Crippen molar-refractivity contribution in [3.05, 3.63) is 170 Å². The van der Waals surface area contributed by atoms with E-state index in [2.05, 4.69) is 191 Å². The Morgan fingerprint density at radius 2 is 0.481 bits per heavy atom. The summed E-state index contributed by atoms with van der Waals surface area (Å²) < 4.78 is 16.8. The zero-order chi connectivity index (χ0) is 58.5. The van der Waals surface area contributed by atoms with Gasteiger partial charge in [-0.05, 0) is 135 Å². The smallest absolute Gasteiger partial charge is 0.306 e. The Bertz CT molecular complexity index is 1860. The molecule has 0 amide bonds. The summed E-state index contributed by atoms with van der Waals surface area (Å²) in [6, 6.07) is 0. The quantitative estimate of drug-likeness (QED) is 0.0261. The number of esters is 3. The van der Waals surface area contributed by atoms with Gasteiger partial charge in [-0.3, -0.25) is 14.4 Å². The summed E-state index contributed by atoms with van der Waals surface area (Å²) in [5.41, 5.74) is 0. The van der Waals surface area contributed by atoms with Gasteiger partial charge in [0.25, 0.3) is 0 Å². The van der Waals surface area contributed by atoms with Gasteiger partial charge in [0.1, 0.15) is 13.2 Å². The standard InChI is InChI=1S/C75H118O6/c1-4-7-10-13-15-17-19-21-23-25-27-29-31-33-34-35-36-37-38-39-40-42-43-45-47-49-51-53-55-57-59-62-65-68-74(77)80-71-72(70-79-73(76)67-64-61-12-9-6-3)81-75(78)69-66-63-60-58-56-54-52-50-48-46-44-41-32-30-28-26-24-22-20-18-16-14-11-8-5-2/h7-8,10-11,15-18,21-24,27-30,33-34,36-37,39-41,43-45,49,51,72H,4-6,9,12-14,19-20,25-26,31-32,35,38,42,46-48,50,52-71H2,1-3H3/b10-7-,11-8-,17-15-,18-16-,23-21-,24-22-,29-27-,30-28-,34-33-,37-36-,40-39-,44-41-,45-43-,51-49-. The van der Waals surface area contributed by atoms with E-state index < -0.39 is 6.10 Å². The number of hydrogen-bond acceptors (Lipinski definition) is 6. The molecule has 0 aliphatic rings. The fraction of sp³-hybridized carbons (Fsp3) is 0.587. The highest BCUT2D eigenvalue weighted by Crippen LogP contribution is 2.14. The van der Waals surface area contributed by atoms with Crippen LogP contribution in [0.2, 0.25) is 0 Å². The zero-order valence-corrected chi connectivity index (χ0v) is 52.0. The molecule has 0 spiro atoms. The van der Waals surface area contributed by atoms with Crippen LogP contribution in [0.15, 0.2) is 170 Å². The highest BCUT2D eigenvalue weighted by atomic mass is 16.6. The van der Waals surface area contributed by atoms with Gasteiger partial charge in [0.05, 0.1) is 0 Å². The first-order chi connectivity index (χ1) is 40.0. The summed E-state index contributed by atoms with van der Waals surface area (Å²) >= 11 is 0. The molecule has 0 rings (SSSR count). The largest absolute Gasteiger partial charge is 0.462 e. The number of rotatable bonds is 57. The monoisotopic (exact) mass is 1110 g/mol. The van der Waals surface area contributed by atoms with Crippen molar-refractivity contribution >= 4 is 17.9 Å². The molecule has 81 heavy (non-hydrogen) atoms. The maximum absolute atomic E-state index is 12.8. The van der Waals surface area contributed by atoms with Gasteiger partial charge in [-0.15, -0.1) is 0 Å². The van der Waals surface area contributed by atoms with E-state index in [9.17, 15) is 14.4 Å². The van der Waals surface area contributed by atoms with E-state index in [1.54, 1.807) is 0 Å². The average molecular weight is 1120 g/mol. The maximum atomic E-state index is 12.8. The van der Waals surface area contributed by atoms with Crippen LogP contribution >= 0.6 is 0 Å². The molecule has 1 unspecified atom stereocenters. The second kappa shape index (κ2) is 67.3. The second-order valence-electron chi connectivity index (χ2n) is 20.9.